The van der Waals surface area contributed by atoms with Crippen molar-refractivity contribution in [2.45, 2.75) is 32.9 Å². The van der Waals surface area contributed by atoms with Crippen LogP contribution in [0.5, 0.6) is 0 Å². The number of rotatable bonds is 5. The second kappa shape index (κ2) is 6.61. The van der Waals surface area contributed by atoms with E-state index < -0.39 is 0 Å². The minimum atomic E-state index is 0.0603. The molecule has 0 bridgehead atoms. The van der Waals surface area contributed by atoms with Crippen molar-refractivity contribution in [1.29, 1.82) is 0 Å². The maximum atomic E-state index is 5.84. The van der Waals surface area contributed by atoms with Crippen molar-refractivity contribution in [2.75, 3.05) is 32.7 Å². The number of hydrogen-bond donors (Lipinski definition) is 1. The van der Waals surface area contributed by atoms with Crippen LogP contribution in [0.1, 0.15) is 37.0 Å². The van der Waals surface area contributed by atoms with Crippen molar-refractivity contribution in [3.63, 3.8) is 0 Å². The molecule has 1 aromatic rings. The Morgan fingerprint density at radius 2 is 2.00 bits per heavy atom. The Bertz CT molecular complexity index is 356. The third kappa shape index (κ3) is 3.75. The van der Waals surface area contributed by atoms with Crippen LogP contribution in [0.4, 0.5) is 0 Å². The van der Waals surface area contributed by atoms with Gasteiger partial charge in [-0.3, -0.25) is 4.90 Å². The van der Waals surface area contributed by atoms with E-state index in [2.05, 4.69) is 27.1 Å². The van der Waals surface area contributed by atoms with E-state index in [9.17, 15) is 0 Å². The highest BCUT2D eigenvalue weighted by atomic mass is 32.1. The van der Waals surface area contributed by atoms with Crippen LogP contribution >= 0.6 is 11.3 Å². The van der Waals surface area contributed by atoms with Gasteiger partial charge < -0.3 is 10.6 Å². The van der Waals surface area contributed by atoms with Gasteiger partial charge in [0.25, 0.3) is 0 Å². The van der Waals surface area contributed by atoms with E-state index in [0.29, 0.717) is 0 Å². The summed E-state index contributed by atoms with van der Waals surface area (Å²) in [4.78, 5) is 9.64. The smallest absolute Gasteiger partial charge is 0.109 e. The van der Waals surface area contributed by atoms with Crippen molar-refractivity contribution in [3.8, 4) is 0 Å². The summed E-state index contributed by atoms with van der Waals surface area (Å²) in [6, 6.07) is 0.0603. The molecule has 1 saturated heterocycles. The lowest BCUT2D eigenvalue weighted by atomic mass is 10.3. The number of hydrogen-bond acceptors (Lipinski definition) is 5. The highest BCUT2D eigenvalue weighted by Gasteiger charge is 2.17. The Balaban J connectivity index is 1.80. The van der Waals surface area contributed by atoms with Gasteiger partial charge in [0, 0.05) is 38.1 Å². The molecule has 1 aliphatic heterocycles. The first-order valence-corrected chi connectivity index (χ1v) is 7.71. The maximum Gasteiger partial charge on any atom is 0.109 e. The molecule has 5 heteroatoms. The van der Waals surface area contributed by atoms with E-state index in [1.807, 2.05) is 6.92 Å². The van der Waals surface area contributed by atoms with Gasteiger partial charge in [-0.05, 0) is 19.9 Å². The second-order valence-electron chi connectivity index (χ2n) is 5.08. The molecule has 2 N–H and O–H groups in total. The summed E-state index contributed by atoms with van der Waals surface area (Å²) in [5, 5.41) is 3.20. The van der Waals surface area contributed by atoms with Gasteiger partial charge >= 0.3 is 0 Å². The monoisotopic (exact) mass is 268 g/mol. The van der Waals surface area contributed by atoms with Crippen molar-refractivity contribution >= 4 is 11.3 Å². The fourth-order valence-corrected chi connectivity index (χ4v) is 3.09. The fraction of sp³-hybridized carbons (Fsp3) is 0.769. The van der Waals surface area contributed by atoms with Crippen LogP contribution in [0.3, 0.4) is 0 Å². The molecule has 1 unspecified atom stereocenters. The molecule has 0 radical (unpaired) electrons. The molecule has 1 atom stereocenters. The Hall–Kier alpha value is -0.490. The third-order valence-corrected chi connectivity index (χ3v) is 4.44. The standard InChI is InChI=1S/C13H24N4S/c1-3-4-16-5-7-17(8-6-16)9-12-10-18-13(15-12)11(2)14/h10-11H,3-9,14H2,1-2H3. The van der Waals surface area contributed by atoms with E-state index in [-0.39, 0.29) is 6.04 Å². The Labute approximate surface area is 114 Å². The summed E-state index contributed by atoms with van der Waals surface area (Å²) in [6.45, 7) is 11.2. The quantitative estimate of drug-likeness (QED) is 0.883. The molecular weight excluding hydrogens is 244 g/mol. The molecule has 0 saturated carbocycles. The zero-order chi connectivity index (χ0) is 13.0. The molecule has 18 heavy (non-hydrogen) atoms. The van der Waals surface area contributed by atoms with Crippen LogP contribution in [0.15, 0.2) is 5.38 Å². The molecule has 1 fully saturated rings. The summed E-state index contributed by atoms with van der Waals surface area (Å²) < 4.78 is 0. The molecule has 0 spiro atoms. The lowest BCUT2D eigenvalue weighted by Gasteiger charge is -2.34. The van der Waals surface area contributed by atoms with E-state index in [1.54, 1.807) is 11.3 Å². The van der Waals surface area contributed by atoms with Gasteiger partial charge in [0.15, 0.2) is 0 Å². The van der Waals surface area contributed by atoms with E-state index in [1.165, 1.54) is 31.7 Å². The summed E-state index contributed by atoms with van der Waals surface area (Å²) in [5.74, 6) is 0. The molecule has 1 aliphatic rings. The zero-order valence-corrected chi connectivity index (χ0v) is 12.2. The molecule has 1 aromatic heterocycles. The van der Waals surface area contributed by atoms with Crippen LogP contribution in [-0.4, -0.2) is 47.5 Å². The average Bonchev–Trinajstić information content (AvgIpc) is 2.81. The molecule has 0 amide bonds. The summed E-state index contributed by atoms with van der Waals surface area (Å²) >= 11 is 1.68. The van der Waals surface area contributed by atoms with E-state index in [0.717, 1.165) is 24.6 Å². The van der Waals surface area contributed by atoms with Gasteiger partial charge in [-0.1, -0.05) is 6.92 Å². The molecule has 2 rings (SSSR count). The minimum Gasteiger partial charge on any atom is -0.322 e. The number of nitrogens with two attached hydrogens (primary N) is 1. The van der Waals surface area contributed by atoms with Crippen molar-refractivity contribution < 1.29 is 0 Å². The van der Waals surface area contributed by atoms with Gasteiger partial charge in [-0.2, -0.15) is 0 Å². The van der Waals surface area contributed by atoms with Gasteiger partial charge in [0.2, 0.25) is 0 Å². The van der Waals surface area contributed by atoms with Crippen LogP contribution in [-0.2, 0) is 6.54 Å². The third-order valence-electron chi connectivity index (χ3n) is 3.35. The normalized spacial score (nSPS) is 20.2. The van der Waals surface area contributed by atoms with Crippen molar-refractivity contribution in [3.05, 3.63) is 16.1 Å². The first kappa shape index (κ1) is 13.9. The van der Waals surface area contributed by atoms with Gasteiger partial charge in [-0.15, -0.1) is 11.3 Å². The topological polar surface area (TPSA) is 45.4 Å². The van der Waals surface area contributed by atoms with Gasteiger partial charge in [0.1, 0.15) is 5.01 Å². The Morgan fingerprint density at radius 1 is 1.33 bits per heavy atom. The highest BCUT2D eigenvalue weighted by Crippen LogP contribution is 2.17. The van der Waals surface area contributed by atoms with Crippen LogP contribution in [0, 0.1) is 0 Å². The molecule has 4 nitrogen and oxygen atoms in total. The zero-order valence-electron chi connectivity index (χ0n) is 11.4. The fourth-order valence-electron chi connectivity index (χ4n) is 2.32. The predicted octanol–water partition coefficient (Wildman–Crippen LogP) is 1.69. The van der Waals surface area contributed by atoms with Crippen LogP contribution in [0.25, 0.3) is 0 Å². The van der Waals surface area contributed by atoms with Crippen LogP contribution < -0.4 is 5.73 Å². The predicted molar refractivity (Wildman–Crippen MR) is 76.7 cm³/mol. The number of aromatic nitrogens is 1. The molecular formula is C13H24N4S. The second-order valence-corrected chi connectivity index (χ2v) is 5.97. The van der Waals surface area contributed by atoms with Crippen molar-refractivity contribution in [1.82, 2.24) is 14.8 Å². The number of piperazine rings is 1. The molecule has 102 valence electrons. The number of nitrogens with zero attached hydrogens (tertiary/aromatic N) is 3. The first-order valence-electron chi connectivity index (χ1n) is 6.83. The maximum absolute atomic E-state index is 5.84. The number of thiazole rings is 1. The van der Waals surface area contributed by atoms with E-state index in [4.69, 9.17) is 5.73 Å². The lowest BCUT2D eigenvalue weighted by molar-refractivity contribution is 0.126. The summed E-state index contributed by atoms with van der Waals surface area (Å²) in [6.07, 6.45) is 1.25. The molecule has 0 aliphatic carbocycles. The SMILES string of the molecule is CCCN1CCN(Cc2csc(C(C)N)n2)CC1. The Morgan fingerprint density at radius 3 is 2.56 bits per heavy atom. The van der Waals surface area contributed by atoms with Gasteiger partial charge in [0.05, 0.1) is 11.7 Å². The molecule has 0 aromatic carbocycles. The van der Waals surface area contributed by atoms with E-state index >= 15 is 0 Å². The average molecular weight is 268 g/mol. The van der Waals surface area contributed by atoms with Crippen molar-refractivity contribution in [2.24, 2.45) is 5.73 Å². The lowest BCUT2D eigenvalue weighted by Crippen LogP contribution is -2.46. The Kier molecular flexibility index (Phi) is 5.12. The molecule has 2 heterocycles. The summed E-state index contributed by atoms with van der Waals surface area (Å²) in [5.41, 5.74) is 7.02. The highest BCUT2D eigenvalue weighted by molar-refractivity contribution is 7.09. The van der Waals surface area contributed by atoms with Crippen LogP contribution in [0.2, 0.25) is 0 Å². The largest absolute Gasteiger partial charge is 0.322 e. The minimum absolute atomic E-state index is 0.0603. The van der Waals surface area contributed by atoms with Gasteiger partial charge in [-0.25, -0.2) is 4.98 Å². The first-order chi connectivity index (χ1) is 8.69. The summed E-state index contributed by atoms with van der Waals surface area (Å²) in [7, 11) is 0.